The van der Waals surface area contributed by atoms with E-state index in [9.17, 15) is 18.0 Å². The molecule has 3 rings (SSSR count). The molecule has 0 aliphatic carbocycles. The van der Waals surface area contributed by atoms with Crippen molar-refractivity contribution in [3.05, 3.63) is 59.7 Å². The Morgan fingerprint density at radius 1 is 1.03 bits per heavy atom. The van der Waals surface area contributed by atoms with Crippen LogP contribution in [-0.4, -0.2) is 56.8 Å². The Hall–Kier alpha value is -2.87. The molecule has 1 saturated heterocycles. The molecule has 2 amide bonds. The molecule has 0 atom stereocenters. The van der Waals surface area contributed by atoms with Gasteiger partial charge >= 0.3 is 6.03 Å². The van der Waals surface area contributed by atoms with Crippen LogP contribution in [0, 0.1) is 0 Å². The Bertz CT molecular complexity index is 988. The number of benzene rings is 2. The van der Waals surface area contributed by atoms with Gasteiger partial charge < -0.3 is 9.64 Å². The first-order valence-corrected chi connectivity index (χ1v) is 11.1. The summed E-state index contributed by atoms with van der Waals surface area (Å²) in [6, 6.07) is 14.0. The predicted octanol–water partition coefficient (Wildman–Crippen LogP) is 2.75. The number of amides is 2. The highest BCUT2D eigenvalue weighted by Gasteiger charge is 2.30. The number of anilines is 1. The van der Waals surface area contributed by atoms with Crippen LogP contribution in [0.15, 0.2) is 48.5 Å². The van der Waals surface area contributed by atoms with E-state index in [1.165, 1.54) is 14.0 Å². The number of ketones is 1. The number of methoxy groups -OCH3 is 1. The minimum Gasteiger partial charge on any atom is -0.495 e. The van der Waals surface area contributed by atoms with Crippen LogP contribution in [-0.2, 0) is 16.4 Å². The number of para-hydroxylation sites is 2. The summed E-state index contributed by atoms with van der Waals surface area (Å²) in [6.07, 6.45) is 0. The van der Waals surface area contributed by atoms with Gasteiger partial charge in [0.2, 0.25) is 0 Å². The summed E-state index contributed by atoms with van der Waals surface area (Å²) in [5.41, 5.74) is 2.05. The summed E-state index contributed by atoms with van der Waals surface area (Å²) in [5, 5.41) is 0. The molecule has 2 aromatic rings. The Kier molecular flexibility index (Phi) is 6.22. The maximum atomic E-state index is 13.3. The van der Waals surface area contributed by atoms with Crippen LogP contribution < -0.4 is 9.64 Å². The van der Waals surface area contributed by atoms with Gasteiger partial charge in [0.1, 0.15) is 5.75 Å². The van der Waals surface area contributed by atoms with E-state index in [-0.39, 0.29) is 43.0 Å². The van der Waals surface area contributed by atoms with Gasteiger partial charge in [-0.1, -0.05) is 36.4 Å². The summed E-state index contributed by atoms with van der Waals surface area (Å²) in [7, 11) is -1.55. The van der Waals surface area contributed by atoms with E-state index >= 15 is 0 Å². The lowest BCUT2D eigenvalue weighted by molar-refractivity contribution is 0.101. The van der Waals surface area contributed by atoms with Crippen LogP contribution in [0.5, 0.6) is 5.75 Å². The number of carbonyl (C=O) groups is 2. The molecule has 0 N–H and O–H groups in total. The van der Waals surface area contributed by atoms with Crippen molar-refractivity contribution >= 4 is 27.3 Å². The lowest BCUT2D eigenvalue weighted by atomic mass is 10.1. The highest BCUT2D eigenvalue weighted by atomic mass is 32.2. The number of hydrogen-bond acceptors (Lipinski definition) is 5. The highest BCUT2D eigenvalue weighted by Crippen LogP contribution is 2.30. The van der Waals surface area contributed by atoms with Gasteiger partial charge in [-0.2, -0.15) is 0 Å². The second kappa shape index (κ2) is 8.65. The Morgan fingerprint density at radius 3 is 2.24 bits per heavy atom. The van der Waals surface area contributed by atoms with Crippen molar-refractivity contribution < 1.29 is 22.7 Å². The van der Waals surface area contributed by atoms with Gasteiger partial charge in [-0.25, -0.2) is 13.2 Å². The molecule has 1 aliphatic rings. The van der Waals surface area contributed by atoms with Crippen LogP contribution in [0.3, 0.4) is 0 Å². The van der Waals surface area contributed by atoms with E-state index in [2.05, 4.69) is 0 Å². The SMILES string of the molecule is COc1ccccc1N(Cc1ccc(C(C)=O)cc1)C(=O)N1CCS(=O)(=O)CC1. The van der Waals surface area contributed by atoms with E-state index < -0.39 is 9.84 Å². The molecular formula is C21H24N2O5S. The summed E-state index contributed by atoms with van der Waals surface area (Å²) < 4.78 is 28.9. The van der Waals surface area contributed by atoms with E-state index in [0.717, 1.165) is 5.56 Å². The molecule has 0 bridgehead atoms. The zero-order valence-electron chi connectivity index (χ0n) is 16.5. The average Bonchev–Trinajstić information content (AvgIpc) is 2.72. The number of urea groups is 1. The fraction of sp³-hybridized carbons (Fsp3) is 0.333. The van der Waals surface area contributed by atoms with Crippen molar-refractivity contribution in [3.63, 3.8) is 0 Å². The van der Waals surface area contributed by atoms with Crippen molar-refractivity contribution in [2.45, 2.75) is 13.5 Å². The van der Waals surface area contributed by atoms with Gasteiger partial charge in [0.25, 0.3) is 0 Å². The van der Waals surface area contributed by atoms with Crippen LogP contribution >= 0.6 is 0 Å². The molecule has 154 valence electrons. The lowest BCUT2D eigenvalue weighted by Crippen LogP contribution is -2.49. The van der Waals surface area contributed by atoms with Gasteiger partial charge in [0, 0.05) is 18.7 Å². The van der Waals surface area contributed by atoms with Gasteiger partial charge in [-0.15, -0.1) is 0 Å². The highest BCUT2D eigenvalue weighted by molar-refractivity contribution is 7.91. The molecule has 0 saturated carbocycles. The molecule has 0 spiro atoms. The summed E-state index contributed by atoms with van der Waals surface area (Å²) in [6.45, 7) is 2.09. The third-order valence-electron chi connectivity index (χ3n) is 4.92. The summed E-state index contributed by atoms with van der Waals surface area (Å²) in [4.78, 5) is 28.0. The third kappa shape index (κ3) is 4.95. The zero-order valence-corrected chi connectivity index (χ0v) is 17.3. The van der Waals surface area contributed by atoms with Crippen molar-refractivity contribution in [1.82, 2.24) is 4.90 Å². The Labute approximate surface area is 170 Å². The van der Waals surface area contributed by atoms with Gasteiger partial charge in [-0.3, -0.25) is 9.69 Å². The molecule has 0 radical (unpaired) electrons. The molecule has 29 heavy (non-hydrogen) atoms. The minimum absolute atomic E-state index is 0.0243. The normalized spacial score (nSPS) is 15.6. The molecule has 8 heteroatoms. The lowest BCUT2D eigenvalue weighted by Gasteiger charge is -2.33. The Morgan fingerprint density at radius 2 is 1.66 bits per heavy atom. The minimum atomic E-state index is -3.09. The quantitative estimate of drug-likeness (QED) is 0.700. The summed E-state index contributed by atoms with van der Waals surface area (Å²) in [5.74, 6) is 0.451. The molecule has 0 aromatic heterocycles. The Balaban J connectivity index is 1.91. The number of nitrogens with zero attached hydrogens (tertiary/aromatic N) is 2. The van der Waals surface area contributed by atoms with Crippen LogP contribution in [0.1, 0.15) is 22.8 Å². The maximum absolute atomic E-state index is 13.3. The fourth-order valence-corrected chi connectivity index (χ4v) is 4.41. The largest absolute Gasteiger partial charge is 0.495 e. The van der Waals surface area contributed by atoms with Crippen LogP contribution in [0.25, 0.3) is 0 Å². The van der Waals surface area contributed by atoms with E-state index in [4.69, 9.17) is 4.74 Å². The maximum Gasteiger partial charge on any atom is 0.324 e. The first-order valence-electron chi connectivity index (χ1n) is 9.30. The average molecular weight is 416 g/mol. The summed E-state index contributed by atoms with van der Waals surface area (Å²) >= 11 is 0. The zero-order chi connectivity index (χ0) is 21.0. The van der Waals surface area contributed by atoms with E-state index in [1.807, 2.05) is 24.3 Å². The smallest absolute Gasteiger partial charge is 0.324 e. The predicted molar refractivity (Wildman–Crippen MR) is 111 cm³/mol. The molecule has 1 heterocycles. The van der Waals surface area contributed by atoms with Crippen molar-refractivity contribution in [3.8, 4) is 5.75 Å². The third-order valence-corrected chi connectivity index (χ3v) is 6.53. The molecule has 1 fully saturated rings. The van der Waals surface area contributed by atoms with Crippen molar-refractivity contribution in [2.75, 3.05) is 36.6 Å². The molecule has 2 aromatic carbocycles. The second-order valence-corrected chi connectivity index (χ2v) is 9.24. The van der Waals surface area contributed by atoms with Crippen molar-refractivity contribution in [1.29, 1.82) is 0 Å². The van der Waals surface area contributed by atoms with Crippen LogP contribution in [0.2, 0.25) is 0 Å². The van der Waals surface area contributed by atoms with Crippen LogP contribution in [0.4, 0.5) is 10.5 Å². The molecule has 0 unspecified atom stereocenters. The van der Waals surface area contributed by atoms with Gasteiger partial charge in [0.05, 0.1) is 30.8 Å². The monoisotopic (exact) mass is 416 g/mol. The standard InChI is InChI=1S/C21H24N2O5S/c1-16(24)18-9-7-17(8-10-18)15-23(19-5-3-4-6-20(19)28-2)21(25)22-11-13-29(26,27)14-12-22/h3-10H,11-15H2,1-2H3. The number of ether oxygens (including phenoxy) is 1. The first kappa shape index (κ1) is 20.9. The van der Waals surface area contributed by atoms with Crippen molar-refractivity contribution in [2.24, 2.45) is 0 Å². The topological polar surface area (TPSA) is 84.0 Å². The second-order valence-electron chi connectivity index (χ2n) is 6.93. The van der Waals surface area contributed by atoms with E-state index in [0.29, 0.717) is 17.0 Å². The number of sulfone groups is 1. The molecule has 7 nitrogen and oxygen atoms in total. The number of hydrogen-bond donors (Lipinski definition) is 0. The van der Waals surface area contributed by atoms with Gasteiger partial charge in [-0.05, 0) is 24.6 Å². The van der Waals surface area contributed by atoms with Gasteiger partial charge in [0.15, 0.2) is 15.6 Å². The van der Waals surface area contributed by atoms with E-state index in [1.54, 1.807) is 34.1 Å². The number of carbonyl (C=O) groups excluding carboxylic acids is 2. The number of Topliss-reactive ketones (excluding diaryl/α,β-unsaturated/α-hetero) is 1. The fourth-order valence-electron chi connectivity index (χ4n) is 3.21. The number of rotatable bonds is 5. The first-order chi connectivity index (χ1) is 13.8. The molecular weight excluding hydrogens is 392 g/mol. The molecule has 1 aliphatic heterocycles.